The van der Waals surface area contributed by atoms with Gasteiger partial charge >= 0.3 is 6.55 Å². The normalized spacial score (nSPS) is 27.2. The maximum atomic E-state index is 12.3. The van der Waals surface area contributed by atoms with E-state index in [1.54, 1.807) is 0 Å². The van der Waals surface area contributed by atoms with E-state index in [1.165, 1.54) is 12.4 Å². The van der Waals surface area contributed by atoms with Crippen LogP contribution in [0.2, 0.25) is 0 Å². The van der Waals surface area contributed by atoms with E-state index in [0.717, 1.165) is 18.4 Å². The van der Waals surface area contributed by atoms with E-state index in [2.05, 4.69) is 21.0 Å². The summed E-state index contributed by atoms with van der Waals surface area (Å²) < 4.78 is 30.7. The summed E-state index contributed by atoms with van der Waals surface area (Å²) in [4.78, 5) is 0.395. The van der Waals surface area contributed by atoms with Gasteiger partial charge in [-0.15, -0.1) is 0 Å². The van der Waals surface area contributed by atoms with Crippen molar-refractivity contribution in [3.05, 3.63) is 18.0 Å². The summed E-state index contributed by atoms with van der Waals surface area (Å²) in [5.74, 6) is 0. The molecular weight excluding hydrogens is 270 g/mol. The van der Waals surface area contributed by atoms with Crippen LogP contribution in [-0.2, 0) is 4.74 Å². The van der Waals surface area contributed by atoms with Gasteiger partial charge in [0, 0.05) is 23.2 Å². The third kappa shape index (κ3) is 2.55. The zero-order valence-corrected chi connectivity index (χ0v) is 9.53. The summed E-state index contributed by atoms with van der Waals surface area (Å²) in [6, 6.07) is 0. The zero-order chi connectivity index (χ0) is 10.8. The molecule has 2 heterocycles. The number of hydrogen-bond donors (Lipinski definition) is 0. The van der Waals surface area contributed by atoms with Gasteiger partial charge in [0.05, 0.1) is 12.3 Å². The molecule has 2 rings (SSSR count). The summed E-state index contributed by atoms with van der Waals surface area (Å²) in [6.07, 6.45) is 4.44. The molecule has 0 bridgehead atoms. The Bertz CT molecular complexity index is 332. The molecule has 15 heavy (non-hydrogen) atoms. The average Bonchev–Trinajstić information content (AvgIpc) is 2.66. The lowest BCUT2D eigenvalue weighted by Gasteiger charge is -2.25. The minimum absolute atomic E-state index is 0.115. The van der Waals surface area contributed by atoms with Crippen LogP contribution < -0.4 is 0 Å². The Hall–Kier alpha value is -0.490. The molecule has 0 saturated carbocycles. The lowest BCUT2D eigenvalue weighted by Crippen LogP contribution is -2.19. The second-order valence-corrected chi connectivity index (χ2v) is 4.81. The van der Waals surface area contributed by atoms with Gasteiger partial charge in [0.25, 0.3) is 0 Å². The number of rotatable bonds is 2. The van der Waals surface area contributed by atoms with Crippen LogP contribution in [0.4, 0.5) is 8.78 Å². The van der Waals surface area contributed by atoms with Gasteiger partial charge in [-0.1, -0.05) is 15.9 Å². The van der Waals surface area contributed by atoms with Gasteiger partial charge in [0.15, 0.2) is 0 Å². The topological polar surface area (TPSA) is 27.1 Å². The van der Waals surface area contributed by atoms with E-state index in [0.29, 0.717) is 16.1 Å². The molecule has 1 aliphatic rings. The summed E-state index contributed by atoms with van der Waals surface area (Å²) >= 11 is 3.51. The van der Waals surface area contributed by atoms with Crippen molar-refractivity contribution in [1.82, 2.24) is 9.78 Å². The first kappa shape index (κ1) is 11.0. The monoisotopic (exact) mass is 280 g/mol. The molecule has 1 aromatic heterocycles. The lowest BCUT2D eigenvalue weighted by molar-refractivity contribution is 0.0180. The number of alkyl halides is 3. The molecule has 1 saturated heterocycles. The number of hydrogen-bond acceptors (Lipinski definition) is 2. The molecule has 3 nitrogen and oxygen atoms in total. The van der Waals surface area contributed by atoms with Crippen LogP contribution in [0.25, 0.3) is 0 Å². The Balaban J connectivity index is 2.08. The standard InChI is InChI=1S/C9H11BrF2N2O/c10-7-1-2-15-8(3-7)6-4-13-14(5-6)9(11)12/h4-5,7-9H,1-3H2. The van der Waals surface area contributed by atoms with Gasteiger partial charge in [0.1, 0.15) is 0 Å². The Morgan fingerprint density at radius 3 is 3.00 bits per heavy atom. The van der Waals surface area contributed by atoms with E-state index in [-0.39, 0.29) is 6.10 Å². The zero-order valence-electron chi connectivity index (χ0n) is 7.94. The van der Waals surface area contributed by atoms with Crippen LogP contribution in [0.5, 0.6) is 0 Å². The Kier molecular flexibility index (Phi) is 3.35. The molecule has 0 aromatic carbocycles. The van der Waals surface area contributed by atoms with Gasteiger partial charge in [-0.2, -0.15) is 13.9 Å². The predicted molar refractivity (Wildman–Crippen MR) is 54.1 cm³/mol. The highest BCUT2D eigenvalue weighted by Gasteiger charge is 2.23. The number of halogens is 3. The Morgan fingerprint density at radius 1 is 1.60 bits per heavy atom. The van der Waals surface area contributed by atoms with E-state index >= 15 is 0 Å². The first-order valence-corrected chi connectivity index (χ1v) is 5.66. The molecule has 1 aliphatic heterocycles. The Labute approximate surface area is 94.5 Å². The second kappa shape index (κ2) is 4.57. The van der Waals surface area contributed by atoms with Gasteiger partial charge < -0.3 is 4.74 Å². The van der Waals surface area contributed by atoms with Crippen LogP contribution >= 0.6 is 15.9 Å². The lowest BCUT2D eigenvalue weighted by atomic mass is 10.0. The van der Waals surface area contributed by atoms with Crippen LogP contribution in [0.1, 0.15) is 31.1 Å². The summed E-state index contributed by atoms with van der Waals surface area (Å²) in [6.45, 7) is -1.93. The van der Waals surface area contributed by atoms with Crippen molar-refractivity contribution in [1.29, 1.82) is 0 Å². The van der Waals surface area contributed by atoms with Crippen molar-refractivity contribution < 1.29 is 13.5 Å². The molecule has 0 N–H and O–H groups in total. The highest BCUT2D eigenvalue weighted by Crippen LogP contribution is 2.31. The van der Waals surface area contributed by atoms with Crippen molar-refractivity contribution in [2.24, 2.45) is 0 Å². The maximum Gasteiger partial charge on any atom is 0.333 e. The fourth-order valence-corrected chi connectivity index (χ4v) is 2.14. The molecular formula is C9H11BrF2N2O. The third-order valence-corrected chi connectivity index (χ3v) is 3.24. The minimum Gasteiger partial charge on any atom is -0.373 e. The van der Waals surface area contributed by atoms with Crippen molar-refractivity contribution in [2.45, 2.75) is 30.3 Å². The maximum absolute atomic E-state index is 12.3. The molecule has 0 aliphatic carbocycles. The first-order chi connectivity index (χ1) is 7.16. The fraction of sp³-hybridized carbons (Fsp3) is 0.667. The van der Waals surface area contributed by atoms with Gasteiger partial charge in [-0.05, 0) is 12.8 Å². The molecule has 1 aromatic rings. The van der Waals surface area contributed by atoms with Crippen LogP contribution in [0.3, 0.4) is 0 Å². The van der Waals surface area contributed by atoms with E-state index in [1.807, 2.05) is 0 Å². The fourth-order valence-electron chi connectivity index (χ4n) is 1.61. The minimum atomic E-state index is -2.58. The summed E-state index contributed by atoms with van der Waals surface area (Å²) in [5, 5.41) is 3.59. The van der Waals surface area contributed by atoms with E-state index < -0.39 is 6.55 Å². The highest BCUT2D eigenvalue weighted by atomic mass is 79.9. The SMILES string of the molecule is FC(F)n1cc(C2CC(Br)CCO2)cn1. The van der Waals surface area contributed by atoms with E-state index in [4.69, 9.17) is 4.74 Å². The highest BCUT2D eigenvalue weighted by molar-refractivity contribution is 9.09. The first-order valence-electron chi connectivity index (χ1n) is 4.74. The third-order valence-electron chi connectivity index (χ3n) is 2.41. The Morgan fingerprint density at radius 2 is 2.40 bits per heavy atom. The molecule has 0 amide bonds. The van der Waals surface area contributed by atoms with Gasteiger partial charge in [0.2, 0.25) is 0 Å². The molecule has 2 unspecified atom stereocenters. The summed E-state index contributed by atoms with van der Waals surface area (Å²) in [5.41, 5.74) is 0.722. The largest absolute Gasteiger partial charge is 0.373 e. The van der Waals surface area contributed by atoms with Crippen LogP contribution in [0.15, 0.2) is 12.4 Å². The molecule has 2 atom stereocenters. The van der Waals surface area contributed by atoms with Crippen molar-refractivity contribution in [2.75, 3.05) is 6.61 Å². The number of nitrogens with zero attached hydrogens (tertiary/aromatic N) is 2. The van der Waals surface area contributed by atoms with Crippen molar-refractivity contribution >= 4 is 15.9 Å². The van der Waals surface area contributed by atoms with Crippen molar-refractivity contribution in [3.8, 4) is 0 Å². The van der Waals surface area contributed by atoms with Crippen LogP contribution in [-0.4, -0.2) is 21.2 Å². The molecule has 84 valence electrons. The molecule has 0 radical (unpaired) electrons. The number of aromatic nitrogens is 2. The van der Waals surface area contributed by atoms with E-state index in [9.17, 15) is 8.78 Å². The molecule has 0 spiro atoms. The number of ether oxygens (including phenoxy) is 1. The molecule has 1 fully saturated rings. The smallest absolute Gasteiger partial charge is 0.333 e. The predicted octanol–water partition coefficient (Wildman–Crippen LogP) is 2.89. The quantitative estimate of drug-likeness (QED) is 0.779. The van der Waals surface area contributed by atoms with Gasteiger partial charge in [-0.25, -0.2) is 4.68 Å². The van der Waals surface area contributed by atoms with Crippen LogP contribution in [0, 0.1) is 0 Å². The average molecular weight is 281 g/mol. The second-order valence-electron chi connectivity index (χ2n) is 3.51. The molecule has 6 heteroatoms. The van der Waals surface area contributed by atoms with Crippen molar-refractivity contribution in [3.63, 3.8) is 0 Å². The van der Waals surface area contributed by atoms with Gasteiger partial charge in [-0.3, -0.25) is 0 Å². The summed E-state index contributed by atoms with van der Waals surface area (Å²) in [7, 11) is 0.